The molecule has 0 amide bonds. The molecule has 0 aromatic heterocycles. The molecule has 1 fully saturated rings. The van der Waals surface area contributed by atoms with Crippen molar-refractivity contribution in [3.8, 4) is 0 Å². The molecule has 1 heterocycles. The van der Waals surface area contributed by atoms with Crippen molar-refractivity contribution < 1.29 is 4.74 Å². The van der Waals surface area contributed by atoms with Crippen molar-refractivity contribution in [3.05, 3.63) is 35.4 Å². The van der Waals surface area contributed by atoms with Crippen molar-refractivity contribution in [1.29, 1.82) is 0 Å². The first-order valence-corrected chi connectivity index (χ1v) is 5.09. The van der Waals surface area contributed by atoms with Crippen molar-refractivity contribution in [1.82, 2.24) is 4.90 Å². The van der Waals surface area contributed by atoms with Crippen LogP contribution in [-0.2, 0) is 11.3 Å². The summed E-state index contributed by atoms with van der Waals surface area (Å²) in [6.45, 7) is 4.94. The highest BCUT2D eigenvalue weighted by atomic mass is 16.5. The summed E-state index contributed by atoms with van der Waals surface area (Å²) in [5.74, 6) is 0. The first-order chi connectivity index (χ1) is 6.75. The van der Waals surface area contributed by atoms with Crippen molar-refractivity contribution in [2.45, 2.75) is 19.5 Å². The molecule has 0 saturated carbocycles. The number of likely N-dealkylation sites (N-methyl/N-ethyl adjacent to an activating group) is 1. The lowest BCUT2D eigenvalue weighted by Gasteiger charge is -2.34. The second kappa shape index (κ2) is 4.11. The number of ether oxygens (including phenoxy) is 1. The average molecular weight is 191 g/mol. The van der Waals surface area contributed by atoms with Gasteiger partial charge in [0.25, 0.3) is 0 Å². The highest BCUT2D eigenvalue weighted by Crippen LogP contribution is 2.13. The molecule has 0 radical (unpaired) electrons. The first-order valence-electron chi connectivity index (χ1n) is 5.09. The predicted octanol–water partition coefficient (Wildman–Crippen LogP) is 1.83. The molecule has 1 aromatic carbocycles. The van der Waals surface area contributed by atoms with Gasteiger partial charge in [-0.3, -0.25) is 4.90 Å². The summed E-state index contributed by atoms with van der Waals surface area (Å²) < 4.78 is 5.18. The van der Waals surface area contributed by atoms with E-state index in [-0.39, 0.29) is 0 Å². The molecule has 0 aliphatic carbocycles. The first kappa shape index (κ1) is 9.69. The Morgan fingerprint density at radius 1 is 1.43 bits per heavy atom. The van der Waals surface area contributed by atoms with E-state index in [1.807, 2.05) is 0 Å². The third-order valence-corrected chi connectivity index (χ3v) is 2.76. The van der Waals surface area contributed by atoms with Crippen molar-refractivity contribution >= 4 is 0 Å². The fourth-order valence-corrected chi connectivity index (χ4v) is 1.71. The lowest BCUT2D eigenvalue weighted by Crippen LogP contribution is -2.46. The molecule has 1 saturated heterocycles. The molecule has 0 N–H and O–H groups in total. The van der Waals surface area contributed by atoms with Crippen LogP contribution in [0, 0.1) is 6.92 Å². The molecule has 0 atom stereocenters. The quantitative estimate of drug-likeness (QED) is 0.722. The normalized spacial score (nSPS) is 17.1. The van der Waals surface area contributed by atoms with Gasteiger partial charge < -0.3 is 4.74 Å². The van der Waals surface area contributed by atoms with Crippen LogP contribution in [0.5, 0.6) is 0 Å². The topological polar surface area (TPSA) is 12.5 Å². The van der Waals surface area contributed by atoms with E-state index in [0.717, 1.165) is 19.8 Å². The Morgan fingerprint density at radius 3 is 2.79 bits per heavy atom. The number of rotatable bonds is 3. The van der Waals surface area contributed by atoms with Gasteiger partial charge in [-0.05, 0) is 19.5 Å². The minimum atomic E-state index is 0.621. The molecule has 2 heteroatoms. The summed E-state index contributed by atoms with van der Waals surface area (Å²) in [7, 11) is 2.16. The number of nitrogens with zero attached hydrogens (tertiary/aromatic N) is 1. The number of hydrogen-bond donors (Lipinski definition) is 0. The van der Waals surface area contributed by atoms with Gasteiger partial charge in [-0.2, -0.15) is 0 Å². The highest BCUT2D eigenvalue weighted by Gasteiger charge is 2.22. The van der Waals surface area contributed by atoms with Gasteiger partial charge in [0.05, 0.1) is 19.3 Å². The van der Waals surface area contributed by atoms with Gasteiger partial charge in [0.1, 0.15) is 0 Å². The fourth-order valence-electron chi connectivity index (χ4n) is 1.71. The van der Waals surface area contributed by atoms with E-state index in [1.54, 1.807) is 0 Å². The molecule has 0 spiro atoms. The van der Waals surface area contributed by atoms with E-state index in [4.69, 9.17) is 4.74 Å². The minimum absolute atomic E-state index is 0.621. The monoisotopic (exact) mass is 191 g/mol. The third-order valence-electron chi connectivity index (χ3n) is 2.76. The van der Waals surface area contributed by atoms with Gasteiger partial charge >= 0.3 is 0 Å². The molecular weight excluding hydrogens is 174 g/mol. The van der Waals surface area contributed by atoms with Gasteiger partial charge in [0.2, 0.25) is 0 Å². The smallest absolute Gasteiger partial charge is 0.0645 e. The van der Waals surface area contributed by atoms with E-state index < -0.39 is 0 Å². The van der Waals surface area contributed by atoms with Crippen LogP contribution in [0.2, 0.25) is 0 Å². The lowest BCUT2D eigenvalue weighted by molar-refractivity contribution is -0.0586. The molecule has 2 rings (SSSR count). The minimum Gasteiger partial charge on any atom is -0.378 e. The predicted molar refractivity (Wildman–Crippen MR) is 57.3 cm³/mol. The van der Waals surface area contributed by atoms with Crippen molar-refractivity contribution in [2.75, 3.05) is 20.3 Å². The number of aryl methyl sites for hydroxylation is 1. The van der Waals surface area contributed by atoms with E-state index in [9.17, 15) is 0 Å². The second-order valence-electron chi connectivity index (χ2n) is 4.10. The maximum absolute atomic E-state index is 5.18. The van der Waals surface area contributed by atoms with E-state index >= 15 is 0 Å². The molecular formula is C12H17NO. The Labute approximate surface area is 85.5 Å². The molecule has 0 unspecified atom stereocenters. The Bertz CT molecular complexity index is 307. The summed E-state index contributed by atoms with van der Waals surface area (Å²) >= 11 is 0. The van der Waals surface area contributed by atoms with Crippen LogP contribution in [0.4, 0.5) is 0 Å². The van der Waals surface area contributed by atoms with Gasteiger partial charge in [-0.1, -0.05) is 29.8 Å². The second-order valence-corrected chi connectivity index (χ2v) is 4.10. The highest BCUT2D eigenvalue weighted by molar-refractivity contribution is 5.22. The summed E-state index contributed by atoms with van der Waals surface area (Å²) in [4.78, 5) is 2.36. The Hall–Kier alpha value is -0.860. The van der Waals surface area contributed by atoms with Crippen LogP contribution >= 0.6 is 0 Å². The van der Waals surface area contributed by atoms with Crippen LogP contribution in [0.25, 0.3) is 0 Å². The summed E-state index contributed by atoms with van der Waals surface area (Å²) in [5, 5.41) is 0. The lowest BCUT2D eigenvalue weighted by atomic mass is 10.1. The van der Waals surface area contributed by atoms with Crippen LogP contribution in [0.3, 0.4) is 0 Å². The molecule has 2 nitrogen and oxygen atoms in total. The SMILES string of the molecule is Cc1cccc(CN(C)C2COC2)c1. The maximum Gasteiger partial charge on any atom is 0.0645 e. The standard InChI is InChI=1S/C12H17NO/c1-10-4-3-5-11(6-10)7-13(2)12-8-14-9-12/h3-6,12H,7-9H2,1-2H3. The van der Waals surface area contributed by atoms with Crippen molar-refractivity contribution in [3.63, 3.8) is 0 Å². The molecule has 14 heavy (non-hydrogen) atoms. The van der Waals surface area contributed by atoms with Crippen LogP contribution in [-0.4, -0.2) is 31.2 Å². The molecule has 1 aliphatic heterocycles. The molecule has 0 bridgehead atoms. The number of benzene rings is 1. The van der Waals surface area contributed by atoms with E-state index in [0.29, 0.717) is 6.04 Å². The van der Waals surface area contributed by atoms with Gasteiger partial charge in [-0.15, -0.1) is 0 Å². The fraction of sp³-hybridized carbons (Fsp3) is 0.500. The third kappa shape index (κ3) is 2.14. The Kier molecular flexibility index (Phi) is 2.85. The van der Waals surface area contributed by atoms with E-state index in [2.05, 4.69) is 43.1 Å². The van der Waals surface area contributed by atoms with Crippen LogP contribution in [0.15, 0.2) is 24.3 Å². The average Bonchev–Trinajstić information content (AvgIpc) is 1.99. The zero-order valence-corrected chi connectivity index (χ0v) is 8.86. The van der Waals surface area contributed by atoms with Gasteiger partial charge in [0.15, 0.2) is 0 Å². The largest absolute Gasteiger partial charge is 0.378 e. The van der Waals surface area contributed by atoms with Crippen LogP contribution in [0.1, 0.15) is 11.1 Å². The van der Waals surface area contributed by atoms with E-state index in [1.165, 1.54) is 11.1 Å². The van der Waals surface area contributed by atoms with Gasteiger partial charge in [-0.25, -0.2) is 0 Å². The zero-order valence-electron chi connectivity index (χ0n) is 8.86. The molecule has 76 valence electrons. The summed E-state index contributed by atoms with van der Waals surface area (Å²) in [5.41, 5.74) is 2.72. The molecule has 1 aliphatic rings. The van der Waals surface area contributed by atoms with Gasteiger partial charge in [0, 0.05) is 6.54 Å². The number of hydrogen-bond acceptors (Lipinski definition) is 2. The molecule has 1 aromatic rings. The Balaban J connectivity index is 1.95. The van der Waals surface area contributed by atoms with Crippen molar-refractivity contribution in [2.24, 2.45) is 0 Å². The summed E-state index contributed by atoms with van der Waals surface area (Å²) in [6.07, 6.45) is 0. The van der Waals surface area contributed by atoms with Crippen LogP contribution < -0.4 is 0 Å². The zero-order chi connectivity index (χ0) is 9.97. The Morgan fingerprint density at radius 2 is 2.21 bits per heavy atom. The maximum atomic E-state index is 5.18. The summed E-state index contributed by atoms with van der Waals surface area (Å²) in [6, 6.07) is 9.31.